The van der Waals surface area contributed by atoms with Gasteiger partial charge in [0.25, 0.3) is 0 Å². The number of carbonyl (C=O) groups excluding carboxylic acids is 1. The second-order valence-electron chi connectivity index (χ2n) is 7.07. The highest BCUT2D eigenvalue weighted by Gasteiger charge is 2.24. The van der Waals surface area contributed by atoms with E-state index in [0.717, 1.165) is 30.8 Å². The largest absolute Gasteiger partial charge is 0.342 e. The van der Waals surface area contributed by atoms with Crippen molar-refractivity contribution < 1.29 is 13.2 Å². The third kappa shape index (κ3) is 4.95. The second kappa shape index (κ2) is 8.22. The highest BCUT2D eigenvalue weighted by atomic mass is 32.2. The van der Waals surface area contributed by atoms with Crippen LogP contribution in [0.4, 0.5) is 0 Å². The molecule has 1 aliphatic rings. The first-order valence-corrected chi connectivity index (χ1v) is 10.7. The maximum Gasteiger partial charge on any atom is 0.241 e. The van der Waals surface area contributed by atoms with Crippen molar-refractivity contribution in [3.63, 3.8) is 0 Å². The molecule has 7 nitrogen and oxygen atoms in total. The van der Waals surface area contributed by atoms with Crippen molar-refractivity contribution in [1.82, 2.24) is 19.4 Å². The van der Waals surface area contributed by atoms with Gasteiger partial charge in [0.15, 0.2) is 0 Å². The average molecular weight is 391 g/mol. The van der Waals surface area contributed by atoms with Gasteiger partial charge in [-0.3, -0.25) is 9.48 Å². The van der Waals surface area contributed by atoms with Gasteiger partial charge in [-0.05, 0) is 50.8 Å². The first kappa shape index (κ1) is 19.6. The van der Waals surface area contributed by atoms with Crippen molar-refractivity contribution in [2.75, 3.05) is 19.6 Å². The molecule has 3 rings (SSSR count). The number of nitrogens with one attached hydrogen (secondary N) is 1. The van der Waals surface area contributed by atoms with Gasteiger partial charge in [0.2, 0.25) is 15.9 Å². The fraction of sp³-hybridized carbons (Fsp3) is 0.474. The maximum absolute atomic E-state index is 12.4. The summed E-state index contributed by atoms with van der Waals surface area (Å²) in [5, 5.41) is 4.50. The van der Waals surface area contributed by atoms with Crippen molar-refractivity contribution in [1.29, 1.82) is 0 Å². The first-order valence-electron chi connectivity index (χ1n) is 9.19. The quantitative estimate of drug-likeness (QED) is 0.814. The van der Waals surface area contributed by atoms with E-state index < -0.39 is 10.0 Å². The number of hydrogen-bond donors (Lipinski definition) is 1. The second-order valence-corrected chi connectivity index (χ2v) is 8.84. The topological polar surface area (TPSA) is 84.3 Å². The molecule has 1 N–H and O–H groups in total. The number of hydrogen-bond acceptors (Lipinski definition) is 4. The molecule has 0 unspecified atom stereocenters. The molecule has 1 amide bonds. The lowest BCUT2D eigenvalue weighted by Gasteiger charge is -2.32. The molecule has 146 valence electrons. The van der Waals surface area contributed by atoms with Crippen LogP contribution in [0.2, 0.25) is 0 Å². The lowest BCUT2D eigenvalue weighted by molar-refractivity contribution is -0.131. The standard InChI is InChI=1S/C19H26N4O3S/c1-15-12-16(2)23(21-15)14-17-8-10-22(11-9-17)19(24)13-20-27(25,26)18-6-4-3-5-7-18/h3-7,12,17,20H,8-11,13-14H2,1-2H3. The molecule has 0 saturated carbocycles. The van der Waals surface area contributed by atoms with Crippen LogP contribution in [0.15, 0.2) is 41.3 Å². The Kier molecular flexibility index (Phi) is 5.96. The number of amides is 1. The fourth-order valence-electron chi connectivity index (χ4n) is 3.42. The summed E-state index contributed by atoms with van der Waals surface area (Å²) >= 11 is 0. The van der Waals surface area contributed by atoms with Gasteiger partial charge in [0.05, 0.1) is 17.1 Å². The van der Waals surface area contributed by atoms with Gasteiger partial charge < -0.3 is 4.90 Å². The SMILES string of the molecule is Cc1cc(C)n(CC2CCN(C(=O)CNS(=O)(=O)c3ccccc3)CC2)n1. The number of benzene rings is 1. The van der Waals surface area contributed by atoms with Crippen LogP contribution in [-0.2, 0) is 21.4 Å². The molecular weight excluding hydrogens is 364 g/mol. The molecule has 0 spiro atoms. The van der Waals surface area contributed by atoms with Crippen molar-refractivity contribution in [3.8, 4) is 0 Å². The van der Waals surface area contributed by atoms with Gasteiger partial charge in [-0.25, -0.2) is 13.1 Å². The molecule has 1 aliphatic heterocycles. The molecule has 0 atom stereocenters. The molecule has 2 heterocycles. The summed E-state index contributed by atoms with van der Waals surface area (Å²) in [7, 11) is -3.66. The highest BCUT2D eigenvalue weighted by Crippen LogP contribution is 2.20. The molecule has 0 radical (unpaired) electrons. The number of aryl methyl sites for hydroxylation is 2. The molecule has 1 aromatic heterocycles. The molecule has 2 aromatic rings. The van der Waals surface area contributed by atoms with E-state index in [0.29, 0.717) is 19.0 Å². The number of aromatic nitrogens is 2. The minimum Gasteiger partial charge on any atom is -0.342 e. The van der Waals surface area contributed by atoms with Crippen molar-refractivity contribution in [2.24, 2.45) is 5.92 Å². The number of rotatable bonds is 6. The molecule has 1 fully saturated rings. The molecular formula is C19H26N4O3S. The highest BCUT2D eigenvalue weighted by molar-refractivity contribution is 7.89. The number of piperidine rings is 1. The zero-order valence-electron chi connectivity index (χ0n) is 15.8. The Labute approximate surface area is 160 Å². The van der Waals surface area contributed by atoms with Crippen LogP contribution < -0.4 is 4.72 Å². The summed E-state index contributed by atoms with van der Waals surface area (Å²) in [5.74, 6) is 0.298. The number of likely N-dealkylation sites (tertiary alicyclic amines) is 1. The predicted molar refractivity (Wildman–Crippen MR) is 103 cm³/mol. The molecule has 0 aliphatic carbocycles. The summed E-state index contributed by atoms with van der Waals surface area (Å²) in [6.07, 6.45) is 1.80. The zero-order chi connectivity index (χ0) is 19.4. The van der Waals surface area contributed by atoms with E-state index in [1.807, 2.05) is 11.6 Å². The van der Waals surface area contributed by atoms with Gasteiger partial charge in [-0.2, -0.15) is 5.10 Å². The van der Waals surface area contributed by atoms with Crippen LogP contribution in [0.25, 0.3) is 0 Å². The smallest absolute Gasteiger partial charge is 0.241 e. The minimum absolute atomic E-state index is 0.168. The number of sulfonamides is 1. The van der Waals surface area contributed by atoms with Crippen molar-refractivity contribution >= 4 is 15.9 Å². The number of nitrogens with zero attached hydrogens (tertiary/aromatic N) is 3. The van der Waals surface area contributed by atoms with E-state index in [9.17, 15) is 13.2 Å². The van der Waals surface area contributed by atoms with Crippen LogP contribution in [0.3, 0.4) is 0 Å². The van der Waals surface area contributed by atoms with Crippen LogP contribution in [-0.4, -0.2) is 48.6 Å². The monoisotopic (exact) mass is 390 g/mol. The summed E-state index contributed by atoms with van der Waals surface area (Å²) in [6, 6.07) is 10.2. The average Bonchev–Trinajstić information content (AvgIpc) is 2.98. The third-order valence-electron chi connectivity index (χ3n) is 4.97. The molecule has 1 saturated heterocycles. The van der Waals surface area contributed by atoms with E-state index in [-0.39, 0.29) is 17.3 Å². The molecule has 27 heavy (non-hydrogen) atoms. The van der Waals surface area contributed by atoms with Gasteiger partial charge in [0.1, 0.15) is 0 Å². The minimum atomic E-state index is -3.66. The third-order valence-corrected chi connectivity index (χ3v) is 6.39. The van der Waals surface area contributed by atoms with Gasteiger partial charge in [-0.1, -0.05) is 18.2 Å². The molecule has 8 heteroatoms. The maximum atomic E-state index is 12.4. The van der Waals surface area contributed by atoms with E-state index in [4.69, 9.17) is 0 Å². The van der Waals surface area contributed by atoms with Gasteiger partial charge in [-0.15, -0.1) is 0 Å². The molecule has 0 bridgehead atoms. The summed E-state index contributed by atoms with van der Waals surface area (Å²) in [5.41, 5.74) is 2.17. The van der Waals surface area contributed by atoms with Crippen molar-refractivity contribution in [2.45, 2.75) is 38.1 Å². The normalized spacial score (nSPS) is 15.9. The van der Waals surface area contributed by atoms with E-state index in [1.54, 1.807) is 23.1 Å². The Bertz CT molecular complexity index is 885. The van der Waals surface area contributed by atoms with Crippen molar-refractivity contribution in [3.05, 3.63) is 47.8 Å². The molecule has 1 aromatic carbocycles. The van der Waals surface area contributed by atoms with Crippen LogP contribution in [0.1, 0.15) is 24.2 Å². The summed E-state index contributed by atoms with van der Waals surface area (Å²) in [6.45, 7) is 5.99. The van der Waals surface area contributed by atoms with Gasteiger partial charge >= 0.3 is 0 Å². The van der Waals surface area contributed by atoms with Crippen LogP contribution in [0, 0.1) is 19.8 Å². The summed E-state index contributed by atoms with van der Waals surface area (Å²) in [4.78, 5) is 14.3. The predicted octanol–water partition coefficient (Wildman–Crippen LogP) is 1.72. The Balaban J connectivity index is 1.48. The zero-order valence-corrected chi connectivity index (χ0v) is 16.6. The van der Waals surface area contributed by atoms with Crippen LogP contribution >= 0.6 is 0 Å². The lowest BCUT2D eigenvalue weighted by Crippen LogP contribution is -2.44. The van der Waals surface area contributed by atoms with E-state index >= 15 is 0 Å². The first-order chi connectivity index (χ1) is 12.8. The summed E-state index contributed by atoms with van der Waals surface area (Å²) < 4.78 is 28.9. The van der Waals surface area contributed by atoms with Gasteiger partial charge in [0, 0.05) is 25.3 Å². The van der Waals surface area contributed by atoms with Crippen LogP contribution in [0.5, 0.6) is 0 Å². The van der Waals surface area contributed by atoms with E-state index in [1.165, 1.54) is 12.1 Å². The van der Waals surface area contributed by atoms with E-state index in [2.05, 4.69) is 22.8 Å². The Morgan fingerprint density at radius 1 is 1.19 bits per heavy atom. The number of carbonyl (C=O) groups is 1. The lowest BCUT2D eigenvalue weighted by atomic mass is 9.96. The Morgan fingerprint density at radius 3 is 2.44 bits per heavy atom. The fourth-order valence-corrected chi connectivity index (χ4v) is 4.42. The Morgan fingerprint density at radius 2 is 1.85 bits per heavy atom. The Hall–Kier alpha value is -2.19.